The van der Waals surface area contributed by atoms with E-state index in [1.54, 1.807) is 0 Å². The molecule has 5 heteroatoms. The van der Waals surface area contributed by atoms with Gasteiger partial charge in [-0.05, 0) is 31.5 Å². The van der Waals surface area contributed by atoms with Crippen LogP contribution in [-0.4, -0.2) is 27.9 Å². The monoisotopic (exact) mass is 242 g/mol. The second-order valence-electron chi connectivity index (χ2n) is 4.06. The fraction of sp³-hybridized carbons (Fsp3) is 0.818. The van der Waals surface area contributed by atoms with Crippen molar-refractivity contribution < 1.29 is 0 Å². The van der Waals surface area contributed by atoms with Crippen LogP contribution in [-0.2, 0) is 6.54 Å². The van der Waals surface area contributed by atoms with Crippen molar-refractivity contribution in [3.63, 3.8) is 0 Å². The van der Waals surface area contributed by atoms with Crippen molar-refractivity contribution in [2.45, 2.75) is 52.6 Å². The molecule has 1 heterocycles. The van der Waals surface area contributed by atoms with Gasteiger partial charge in [0.2, 0.25) is 5.95 Å². The highest BCUT2D eigenvalue weighted by molar-refractivity contribution is 7.71. The van der Waals surface area contributed by atoms with Crippen molar-refractivity contribution in [3.05, 3.63) is 4.77 Å². The first kappa shape index (κ1) is 13.2. The Morgan fingerprint density at radius 1 is 1.38 bits per heavy atom. The summed E-state index contributed by atoms with van der Waals surface area (Å²) in [5.41, 5.74) is 0. The van der Waals surface area contributed by atoms with Crippen LogP contribution in [0.5, 0.6) is 0 Å². The maximum Gasteiger partial charge on any atom is 0.225 e. The molecule has 0 aromatic carbocycles. The van der Waals surface area contributed by atoms with E-state index in [1.165, 1.54) is 0 Å². The van der Waals surface area contributed by atoms with Gasteiger partial charge in [-0.2, -0.15) is 0 Å². The van der Waals surface area contributed by atoms with E-state index >= 15 is 0 Å². The SMILES string of the molecule is CCCn1c(N(C)C(CC)CC)n[nH]c1=S. The molecule has 0 fully saturated rings. The van der Waals surface area contributed by atoms with Crippen LogP contribution in [0.2, 0.25) is 0 Å². The standard InChI is InChI=1S/C11H22N4S/c1-5-8-15-10(12-13-11(15)16)14(4)9(6-2)7-3/h9H,5-8H2,1-4H3,(H,13,16). The number of aromatic amines is 1. The molecule has 0 spiro atoms. The lowest BCUT2D eigenvalue weighted by atomic mass is 10.1. The van der Waals surface area contributed by atoms with Crippen LogP contribution in [0, 0.1) is 4.77 Å². The van der Waals surface area contributed by atoms with Gasteiger partial charge in [-0.1, -0.05) is 20.8 Å². The highest BCUT2D eigenvalue weighted by Crippen LogP contribution is 2.16. The van der Waals surface area contributed by atoms with Crippen molar-refractivity contribution in [3.8, 4) is 0 Å². The van der Waals surface area contributed by atoms with E-state index in [0.717, 1.165) is 36.5 Å². The fourth-order valence-corrected chi connectivity index (χ4v) is 2.22. The van der Waals surface area contributed by atoms with Crippen molar-refractivity contribution in [2.75, 3.05) is 11.9 Å². The Balaban J connectivity index is 2.98. The largest absolute Gasteiger partial charge is 0.341 e. The maximum absolute atomic E-state index is 5.23. The molecule has 0 saturated carbocycles. The summed E-state index contributed by atoms with van der Waals surface area (Å²) in [6, 6.07) is 0.529. The smallest absolute Gasteiger partial charge is 0.225 e. The molecule has 1 aromatic rings. The van der Waals surface area contributed by atoms with Gasteiger partial charge in [0.15, 0.2) is 4.77 Å². The molecule has 1 N–H and O–H groups in total. The van der Waals surface area contributed by atoms with Crippen molar-refractivity contribution >= 4 is 18.2 Å². The van der Waals surface area contributed by atoms with Crippen LogP contribution in [0.3, 0.4) is 0 Å². The summed E-state index contributed by atoms with van der Waals surface area (Å²) in [5.74, 6) is 0.959. The van der Waals surface area contributed by atoms with Gasteiger partial charge in [-0.3, -0.25) is 4.57 Å². The Hall–Kier alpha value is -0.840. The van der Waals surface area contributed by atoms with Crippen molar-refractivity contribution in [2.24, 2.45) is 0 Å². The normalized spacial score (nSPS) is 11.1. The van der Waals surface area contributed by atoms with Crippen LogP contribution < -0.4 is 4.90 Å². The highest BCUT2D eigenvalue weighted by Gasteiger charge is 2.16. The number of H-pyrrole nitrogens is 1. The van der Waals surface area contributed by atoms with E-state index in [0.29, 0.717) is 6.04 Å². The second-order valence-corrected chi connectivity index (χ2v) is 4.45. The molecule has 0 bridgehead atoms. The molecule has 0 aliphatic carbocycles. The zero-order chi connectivity index (χ0) is 12.1. The first-order valence-electron chi connectivity index (χ1n) is 6.03. The van der Waals surface area contributed by atoms with Crippen LogP contribution in [0.15, 0.2) is 0 Å². The Kier molecular flexibility index (Phi) is 4.99. The van der Waals surface area contributed by atoms with Gasteiger partial charge < -0.3 is 4.90 Å². The lowest BCUT2D eigenvalue weighted by Crippen LogP contribution is -2.32. The number of anilines is 1. The van der Waals surface area contributed by atoms with Crippen LogP contribution in [0.4, 0.5) is 5.95 Å². The predicted molar refractivity (Wildman–Crippen MR) is 70.5 cm³/mol. The second kappa shape index (κ2) is 6.03. The summed E-state index contributed by atoms with van der Waals surface area (Å²) in [4.78, 5) is 2.22. The van der Waals surface area contributed by atoms with E-state index in [4.69, 9.17) is 12.2 Å². The van der Waals surface area contributed by atoms with E-state index in [-0.39, 0.29) is 0 Å². The first-order valence-corrected chi connectivity index (χ1v) is 6.44. The highest BCUT2D eigenvalue weighted by atomic mass is 32.1. The van der Waals surface area contributed by atoms with Crippen molar-refractivity contribution in [1.82, 2.24) is 14.8 Å². The van der Waals surface area contributed by atoms with E-state index in [2.05, 4.69) is 47.5 Å². The third kappa shape index (κ3) is 2.64. The lowest BCUT2D eigenvalue weighted by molar-refractivity contribution is 0.559. The molecule has 0 amide bonds. The number of rotatable bonds is 6. The minimum absolute atomic E-state index is 0.529. The van der Waals surface area contributed by atoms with Crippen LogP contribution >= 0.6 is 12.2 Å². The molecule has 0 aliphatic heterocycles. The van der Waals surface area contributed by atoms with E-state index in [1.807, 2.05) is 0 Å². The Labute approximate surface area is 103 Å². The molecule has 16 heavy (non-hydrogen) atoms. The molecule has 92 valence electrons. The molecular formula is C11H22N4S. The van der Waals surface area contributed by atoms with Gasteiger partial charge >= 0.3 is 0 Å². The minimum atomic E-state index is 0.529. The summed E-state index contributed by atoms with van der Waals surface area (Å²) >= 11 is 5.23. The molecular weight excluding hydrogens is 220 g/mol. The van der Waals surface area contributed by atoms with Crippen LogP contribution in [0.25, 0.3) is 0 Å². The molecule has 0 radical (unpaired) electrons. The maximum atomic E-state index is 5.23. The van der Waals surface area contributed by atoms with Crippen molar-refractivity contribution in [1.29, 1.82) is 0 Å². The third-order valence-corrected chi connectivity index (χ3v) is 3.30. The third-order valence-electron chi connectivity index (χ3n) is 2.99. The minimum Gasteiger partial charge on any atom is -0.341 e. The summed E-state index contributed by atoms with van der Waals surface area (Å²) in [6.45, 7) is 7.48. The lowest BCUT2D eigenvalue weighted by Gasteiger charge is -2.27. The van der Waals surface area contributed by atoms with E-state index < -0.39 is 0 Å². The zero-order valence-corrected chi connectivity index (χ0v) is 11.5. The molecule has 1 aromatic heterocycles. The molecule has 0 unspecified atom stereocenters. The topological polar surface area (TPSA) is 36.9 Å². The average Bonchev–Trinajstić information content (AvgIpc) is 2.63. The van der Waals surface area contributed by atoms with Gasteiger partial charge in [-0.15, -0.1) is 5.10 Å². The quantitative estimate of drug-likeness (QED) is 0.779. The van der Waals surface area contributed by atoms with E-state index in [9.17, 15) is 0 Å². The average molecular weight is 242 g/mol. The number of hydrogen-bond donors (Lipinski definition) is 1. The van der Waals surface area contributed by atoms with Gasteiger partial charge in [0.05, 0.1) is 0 Å². The zero-order valence-electron chi connectivity index (χ0n) is 10.7. The van der Waals surface area contributed by atoms with Gasteiger partial charge in [0.25, 0.3) is 0 Å². The van der Waals surface area contributed by atoms with Gasteiger partial charge in [0, 0.05) is 19.6 Å². The summed E-state index contributed by atoms with van der Waals surface area (Å²) in [5, 5.41) is 7.20. The predicted octanol–water partition coefficient (Wildman–Crippen LogP) is 2.98. The van der Waals surface area contributed by atoms with Gasteiger partial charge in [0.1, 0.15) is 0 Å². The summed E-state index contributed by atoms with van der Waals surface area (Å²) < 4.78 is 2.79. The number of nitrogens with one attached hydrogen (secondary N) is 1. The number of aromatic nitrogens is 3. The number of nitrogens with zero attached hydrogens (tertiary/aromatic N) is 3. The first-order chi connectivity index (χ1) is 7.65. The fourth-order valence-electron chi connectivity index (χ4n) is 2.00. The summed E-state index contributed by atoms with van der Waals surface area (Å²) in [7, 11) is 2.09. The summed E-state index contributed by atoms with van der Waals surface area (Å²) in [6.07, 6.45) is 3.31. The molecule has 4 nitrogen and oxygen atoms in total. The Bertz CT molecular complexity index is 364. The molecule has 0 aliphatic rings. The Morgan fingerprint density at radius 3 is 2.50 bits per heavy atom. The van der Waals surface area contributed by atoms with Gasteiger partial charge in [-0.25, -0.2) is 5.10 Å². The van der Waals surface area contributed by atoms with Crippen LogP contribution in [0.1, 0.15) is 40.0 Å². The molecule has 1 rings (SSSR count). The number of hydrogen-bond acceptors (Lipinski definition) is 3. The molecule has 0 atom stereocenters. The molecule has 0 saturated heterocycles. The Morgan fingerprint density at radius 2 is 2.00 bits per heavy atom.